The van der Waals surface area contributed by atoms with Crippen molar-refractivity contribution in [1.29, 1.82) is 0 Å². The van der Waals surface area contributed by atoms with E-state index in [9.17, 15) is 0 Å². The molecule has 0 saturated heterocycles. The summed E-state index contributed by atoms with van der Waals surface area (Å²) in [5, 5.41) is 0. The minimum atomic E-state index is 0.167. The molecule has 0 radical (unpaired) electrons. The van der Waals surface area contributed by atoms with Crippen molar-refractivity contribution >= 4 is 0 Å². The van der Waals surface area contributed by atoms with Crippen LogP contribution in [-0.2, 0) is 17.3 Å². The van der Waals surface area contributed by atoms with Crippen LogP contribution in [0.4, 0.5) is 0 Å². The van der Waals surface area contributed by atoms with Gasteiger partial charge in [-0.05, 0) is 63.1 Å². The smallest absolute Gasteiger partial charge is 0.00107 e. The van der Waals surface area contributed by atoms with Crippen LogP contribution >= 0.6 is 0 Å². The minimum absolute atomic E-state index is 0.167. The molecule has 0 spiro atoms. The molecule has 0 unspecified atom stereocenters. The zero-order chi connectivity index (χ0) is 16.3. The molecule has 2 aromatic carbocycles. The molecular weight excluding hydrogens is 264 g/mol. The van der Waals surface area contributed by atoms with Gasteiger partial charge in [0.1, 0.15) is 0 Å². The van der Waals surface area contributed by atoms with Crippen LogP contribution in [0.25, 0.3) is 11.1 Å². The van der Waals surface area contributed by atoms with Gasteiger partial charge in [-0.1, -0.05) is 71.9 Å². The predicted molar refractivity (Wildman–Crippen MR) is 96.8 cm³/mol. The average molecular weight is 292 g/mol. The summed E-state index contributed by atoms with van der Waals surface area (Å²) in [5.41, 5.74) is 10.8. The minimum Gasteiger partial charge on any atom is -0.0619 e. The molecule has 0 N–H and O–H groups in total. The number of fused-ring (bicyclic) bond motifs is 3. The molecule has 0 nitrogen and oxygen atoms in total. The van der Waals surface area contributed by atoms with Gasteiger partial charge in [-0.2, -0.15) is 0 Å². The fourth-order valence-corrected chi connectivity index (χ4v) is 4.01. The van der Waals surface area contributed by atoms with Gasteiger partial charge in [-0.3, -0.25) is 0 Å². The van der Waals surface area contributed by atoms with Gasteiger partial charge < -0.3 is 0 Å². The lowest BCUT2D eigenvalue weighted by atomic mass is 9.71. The van der Waals surface area contributed by atoms with Crippen molar-refractivity contribution in [3.05, 3.63) is 58.1 Å². The molecule has 0 atom stereocenters. The summed E-state index contributed by atoms with van der Waals surface area (Å²) in [4.78, 5) is 0. The summed E-state index contributed by atoms with van der Waals surface area (Å²) in [5.74, 6) is 0. The third-order valence-electron chi connectivity index (χ3n) is 4.94. The van der Waals surface area contributed by atoms with E-state index in [0.717, 1.165) is 6.42 Å². The highest BCUT2D eigenvalue weighted by molar-refractivity contribution is 5.80. The van der Waals surface area contributed by atoms with Gasteiger partial charge in [0.05, 0.1) is 0 Å². The van der Waals surface area contributed by atoms with Crippen LogP contribution in [0.3, 0.4) is 0 Å². The molecular formula is C22H28. The van der Waals surface area contributed by atoms with E-state index in [0.29, 0.717) is 0 Å². The molecule has 3 rings (SSSR count). The number of benzene rings is 2. The fourth-order valence-electron chi connectivity index (χ4n) is 4.01. The second-order valence-electron chi connectivity index (χ2n) is 8.78. The fraction of sp³-hybridized carbons (Fsp3) is 0.455. The van der Waals surface area contributed by atoms with Crippen molar-refractivity contribution in [3.8, 4) is 11.1 Å². The van der Waals surface area contributed by atoms with Crippen molar-refractivity contribution in [2.75, 3.05) is 0 Å². The number of rotatable bonds is 0. The lowest BCUT2D eigenvalue weighted by molar-refractivity contribution is 0.527. The van der Waals surface area contributed by atoms with Crippen LogP contribution in [0.1, 0.15) is 69.4 Å². The van der Waals surface area contributed by atoms with Crippen LogP contribution < -0.4 is 0 Å². The van der Waals surface area contributed by atoms with Crippen molar-refractivity contribution in [3.63, 3.8) is 0 Å². The van der Waals surface area contributed by atoms with E-state index < -0.39 is 0 Å². The van der Waals surface area contributed by atoms with Gasteiger partial charge in [0.15, 0.2) is 0 Å². The first-order valence-corrected chi connectivity index (χ1v) is 8.36. The molecule has 0 amide bonds. The lowest BCUT2D eigenvalue weighted by Gasteiger charge is -2.33. The first-order valence-electron chi connectivity index (χ1n) is 8.36. The standard InChI is InChI=1S/C22H28/c1-14-17-12-15-10-8-9-11-16(15)18(17)13-19(21(2,3)4)20(14)22(5,6)7/h8-11,13H,12H2,1-7H3. The Morgan fingerprint density at radius 3 is 2.05 bits per heavy atom. The van der Waals surface area contributed by atoms with Gasteiger partial charge in [-0.15, -0.1) is 0 Å². The second-order valence-corrected chi connectivity index (χ2v) is 8.78. The van der Waals surface area contributed by atoms with Crippen LogP contribution in [0, 0.1) is 6.92 Å². The van der Waals surface area contributed by atoms with Gasteiger partial charge in [-0.25, -0.2) is 0 Å². The molecule has 1 aliphatic carbocycles. The molecule has 0 saturated carbocycles. The molecule has 0 bridgehead atoms. The Bertz CT molecular complexity index is 734. The van der Waals surface area contributed by atoms with E-state index in [2.05, 4.69) is 78.8 Å². The summed E-state index contributed by atoms with van der Waals surface area (Å²) in [7, 11) is 0. The SMILES string of the molecule is Cc1c2c(cc(C(C)(C)C)c1C(C)(C)C)-c1ccccc1C2. The first-order chi connectivity index (χ1) is 10.1. The van der Waals surface area contributed by atoms with Gasteiger partial charge in [0, 0.05) is 0 Å². The predicted octanol–water partition coefficient (Wildman–Crippen LogP) is 6.16. The van der Waals surface area contributed by atoms with Gasteiger partial charge in [0.25, 0.3) is 0 Å². The van der Waals surface area contributed by atoms with Crippen molar-refractivity contribution in [1.82, 2.24) is 0 Å². The Morgan fingerprint density at radius 2 is 1.45 bits per heavy atom. The summed E-state index contributed by atoms with van der Waals surface area (Å²) in [6, 6.07) is 11.4. The Kier molecular flexibility index (Phi) is 3.29. The average Bonchev–Trinajstić information content (AvgIpc) is 2.75. The Morgan fingerprint density at radius 1 is 0.818 bits per heavy atom. The highest BCUT2D eigenvalue weighted by Gasteiger charge is 2.31. The van der Waals surface area contributed by atoms with E-state index in [1.807, 2.05) is 0 Å². The monoisotopic (exact) mass is 292 g/mol. The lowest BCUT2D eigenvalue weighted by Crippen LogP contribution is -2.24. The maximum atomic E-state index is 2.48. The Labute approximate surface area is 135 Å². The summed E-state index contributed by atoms with van der Waals surface area (Å²) in [6.07, 6.45) is 1.09. The molecule has 116 valence electrons. The van der Waals surface area contributed by atoms with E-state index in [1.54, 1.807) is 11.1 Å². The van der Waals surface area contributed by atoms with Crippen LogP contribution in [0.2, 0.25) is 0 Å². The van der Waals surface area contributed by atoms with E-state index >= 15 is 0 Å². The quantitative estimate of drug-likeness (QED) is 0.465. The molecule has 0 heteroatoms. The normalized spacial score (nSPS) is 14.0. The Hall–Kier alpha value is -1.56. The maximum Gasteiger partial charge on any atom is -0.00107 e. The molecule has 1 aliphatic rings. The van der Waals surface area contributed by atoms with Crippen LogP contribution in [0.5, 0.6) is 0 Å². The van der Waals surface area contributed by atoms with E-state index in [4.69, 9.17) is 0 Å². The largest absolute Gasteiger partial charge is 0.0619 e. The highest BCUT2D eigenvalue weighted by Crippen LogP contribution is 2.45. The third-order valence-corrected chi connectivity index (χ3v) is 4.94. The summed E-state index contributed by atoms with van der Waals surface area (Å²) < 4.78 is 0. The maximum absolute atomic E-state index is 2.48. The van der Waals surface area contributed by atoms with Gasteiger partial charge >= 0.3 is 0 Å². The van der Waals surface area contributed by atoms with Crippen LogP contribution in [-0.4, -0.2) is 0 Å². The summed E-state index contributed by atoms with van der Waals surface area (Å²) in [6.45, 7) is 16.4. The number of hydrogen-bond donors (Lipinski definition) is 0. The second kappa shape index (κ2) is 4.72. The first kappa shape index (κ1) is 15.3. The van der Waals surface area contributed by atoms with Gasteiger partial charge in [0.2, 0.25) is 0 Å². The zero-order valence-corrected chi connectivity index (χ0v) is 15.1. The van der Waals surface area contributed by atoms with E-state index in [1.165, 1.54) is 27.8 Å². The van der Waals surface area contributed by atoms with Crippen molar-refractivity contribution in [2.24, 2.45) is 0 Å². The highest BCUT2D eigenvalue weighted by atomic mass is 14.4. The third kappa shape index (κ3) is 2.29. The molecule has 2 aromatic rings. The molecule has 0 heterocycles. The molecule has 0 fully saturated rings. The Balaban J connectivity index is 2.36. The molecule has 22 heavy (non-hydrogen) atoms. The van der Waals surface area contributed by atoms with E-state index in [-0.39, 0.29) is 10.8 Å². The topological polar surface area (TPSA) is 0 Å². The zero-order valence-electron chi connectivity index (χ0n) is 15.1. The molecule has 0 aromatic heterocycles. The molecule has 0 aliphatic heterocycles. The van der Waals surface area contributed by atoms with Crippen LogP contribution in [0.15, 0.2) is 30.3 Å². The summed E-state index contributed by atoms with van der Waals surface area (Å²) >= 11 is 0. The van der Waals surface area contributed by atoms with Crippen molar-refractivity contribution in [2.45, 2.75) is 65.7 Å². The number of hydrogen-bond acceptors (Lipinski definition) is 0. The van der Waals surface area contributed by atoms with Crippen molar-refractivity contribution < 1.29 is 0 Å².